The third-order valence-electron chi connectivity index (χ3n) is 4.70. The molecule has 0 aliphatic heterocycles. The van der Waals surface area contributed by atoms with E-state index in [4.69, 9.17) is 10.3 Å². The highest BCUT2D eigenvalue weighted by Crippen LogP contribution is 2.28. The number of hydrogen-bond donors (Lipinski definition) is 4. The lowest BCUT2D eigenvalue weighted by Gasteiger charge is -2.05. The number of nitro groups is 2. The summed E-state index contributed by atoms with van der Waals surface area (Å²) in [7, 11) is -8.27. The maximum atomic E-state index is 11.4. The van der Waals surface area contributed by atoms with E-state index in [2.05, 4.69) is 21.1 Å². The van der Waals surface area contributed by atoms with Crippen molar-refractivity contribution >= 4 is 55.2 Å². The number of anilines is 2. The van der Waals surface area contributed by atoms with Gasteiger partial charge in [0.15, 0.2) is 0 Å². The minimum Gasteiger partial charge on any atom is -0.272 e. The van der Waals surface area contributed by atoms with Gasteiger partial charge in [0.05, 0.1) is 32.1 Å². The van der Waals surface area contributed by atoms with Crippen molar-refractivity contribution in [3.63, 3.8) is 0 Å². The van der Waals surface area contributed by atoms with E-state index in [0.29, 0.717) is 11.1 Å². The van der Waals surface area contributed by atoms with Crippen LogP contribution in [0.5, 0.6) is 0 Å². The van der Waals surface area contributed by atoms with Crippen molar-refractivity contribution < 1.29 is 26.7 Å². The zero-order valence-corrected chi connectivity index (χ0v) is 20.6. The molecule has 198 valence electrons. The van der Waals surface area contributed by atoms with E-state index < -0.39 is 51.1 Å². The molecule has 0 aliphatic carbocycles. The molecular weight excluding hydrogens is 544 g/mol. The fourth-order valence-electron chi connectivity index (χ4n) is 2.94. The Morgan fingerprint density at radius 2 is 1.08 bits per heavy atom. The molecule has 38 heavy (non-hydrogen) atoms. The second kappa shape index (κ2) is 11.1. The SMILES string of the molecule is NS(=O)(=O)c1ccc(N/N=C\c2cccc(/C=N\Nc3ccc(S(N)(=O)=O)cc3[N+](=O)[O-])c2)c([N+](=O)[O-])c1. The predicted octanol–water partition coefficient (Wildman–Crippen LogP) is 1.69. The van der Waals surface area contributed by atoms with Crippen molar-refractivity contribution in [1.82, 2.24) is 0 Å². The molecule has 0 aliphatic rings. The second-order valence-corrected chi connectivity index (χ2v) is 10.5. The summed E-state index contributed by atoms with van der Waals surface area (Å²) in [5.41, 5.74) is 4.76. The second-order valence-electron chi connectivity index (χ2n) is 7.37. The van der Waals surface area contributed by atoms with E-state index in [-0.39, 0.29) is 11.4 Å². The van der Waals surface area contributed by atoms with Crippen molar-refractivity contribution in [3.05, 3.63) is 92.0 Å². The van der Waals surface area contributed by atoms with Crippen LogP contribution < -0.4 is 21.1 Å². The molecule has 6 N–H and O–H groups in total. The molecule has 0 saturated carbocycles. The number of nitro benzene ring substituents is 2. The standard InChI is InChI=1S/C20H18N8O8S2/c21-37(33,34)15-4-6-17(19(9-15)27(29)30)25-23-11-13-2-1-3-14(8-13)12-24-26-18-7-5-16(38(22,35)36)10-20(18)28(31)32/h1-12,25-26H,(H2,21,33,34)(H2,22,35,36)/b23-11-,24-12-. The third-order valence-corrected chi connectivity index (χ3v) is 6.52. The summed E-state index contributed by atoms with van der Waals surface area (Å²) in [6.07, 6.45) is 2.66. The van der Waals surface area contributed by atoms with Gasteiger partial charge in [-0.3, -0.25) is 31.1 Å². The number of nitrogens with two attached hydrogens (primary N) is 2. The van der Waals surface area contributed by atoms with Gasteiger partial charge in [-0.15, -0.1) is 0 Å². The smallest absolute Gasteiger partial charge is 0.272 e. The summed E-state index contributed by atoms with van der Waals surface area (Å²) < 4.78 is 45.7. The Hall–Kier alpha value is -4.78. The van der Waals surface area contributed by atoms with E-state index in [9.17, 15) is 37.1 Å². The topological polar surface area (TPSA) is 255 Å². The molecule has 0 bridgehead atoms. The molecule has 3 aromatic rings. The summed E-state index contributed by atoms with van der Waals surface area (Å²) in [4.78, 5) is 20.1. The number of nitrogens with one attached hydrogen (secondary N) is 2. The molecule has 18 heteroatoms. The van der Waals surface area contributed by atoms with Crippen LogP contribution in [0, 0.1) is 20.2 Å². The molecule has 0 saturated heterocycles. The molecule has 0 radical (unpaired) electrons. The number of benzene rings is 3. The molecule has 0 atom stereocenters. The summed E-state index contributed by atoms with van der Waals surface area (Å²) in [5.74, 6) is 0. The number of primary sulfonamides is 2. The normalized spacial score (nSPS) is 12.1. The Labute approximate surface area is 215 Å². The van der Waals surface area contributed by atoms with Gasteiger partial charge in [-0.2, -0.15) is 10.2 Å². The highest BCUT2D eigenvalue weighted by molar-refractivity contribution is 7.89. The molecule has 3 aromatic carbocycles. The molecule has 0 aromatic heterocycles. The summed E-state index contributed by atoms with van der Waals surface area (Å²) in [6, 6.07) is 12.7. The van der Waals surface area contributed by atoms with Gasteiger partial charge in [-0.25, -0.2) is 27.1 Å². The van der Waals surface area contributed by atoms with Crippen molar-refractivity contribution in [2.24, 2.45) is 20.5 Å². The lowest BCUT2D eigenvalue weighted by atomic mass is 10.1. The summed E-state index contributed by atoms with van der Waals surface area (Å²) >= 11 is 0. The number of hydrogen-bond acceptors (Lipinski definition) is 12. The van der Waals surface area contributed by atoms with E-state index >= 15 is 0 Å². The first-order valence-electron chi connectivity index (χ1n) is 10.1. The highest BCUT2D eigenvalue weighted by atomic mass is 32.2. The Kier molecular flexibility index (Phi) is 8.11. The Bertz CT molecular complexity index is 1570. The molecular formula is C20H18N8O8S2. The first-order chi connectivity index (χ1) is 17.8. The summed E-state index contributed by atoms with van der Waals surface area (Å²) in [5, 5.41) is 40.4. The zero-order chi connectivity index (χ0) is 28.1. The van der Waals surface area contributed by atoms with E-state index in [1.807, 2.05) is 0 Å². The van der Waals surface area contributed by atoms with E-state index in [0.717, 1.165) is 36.4 Å². The van der Waals surface area contributed by atoms with Gasteiger partial charge in [-0.05, 0) is 41.5 Å². The van der Waals surface area contributed by atoms with Crippen LogP contribution >= 0.6 is 0 Å². The van der Waals surface area contributed by atoms with Gasteiger partial charge in [0.25, 0.3) is 11.4 Å². The van der Waals surface area contributed by atoms with Gasteiger partial charge in [-0.1, -0.05) is 18.2 Å². The maximum absolute atomic E-state index is 11.4. The highest BCUT2D eigenvalue weighted by Gasteiger charge is 2.20. The molecule has 0 amide bonds. The fourth-order valence-corrected chi connectivity index (χ4v) is 4.01. The Morgan fingerprint density at radius 1 is 0.684 bits per heavy atom. The number of hydrazone groups is 2. The molecule has 3 rings (SSSR count). The van der Waals surface area contributed by atoms with Crippen LogP contribution in [0.15, 0.2) is 80.7 Å². The Morgan fingerprint density at radius 3 is 1.42 bits per heavy atom. The monoisotopic (exact) mass is 562 g/mol. The predicted molar refractivity (Wildman–Crippen MR) is 138 cm³/mol. The zero-order valence-electron chi connectivity index (χ0n) is 19.0. The van der Waals surface area contributed by atoms with Crippen LogP contribution in [-0.4, -0.2) is 39.1 Å². The minimum atomic E-state index is -4.13. The number of nitrogens with zero attached hydrogens (tertiary/aromatic N) is 4. The molecule has 0 spiro atoms. The van der Waals surface area contributed by atoms with Crippen molar-refractivity contribution in [2.45, 2.75) is 9.79 Å². The molecule has 16 nitrogen and oxygen atoms in total. The largest absolute Gasteiger partial charge is 0.295 e. The van der Waals surface area contributed by atoms with Crippen LogP contribution in [0.4, 0.5) is 22.7 Å². The van der Waals surface area contributed by atoms with Crippen molar-refractivity contribution in [1.29, 1.82) is 0 Å². The summed E-state index contributed by atoms with van der Waals surface area (Å²) in [6.45, 7) is 0. The van der Waals surface area contributed by atoms with Crippen LogP contribution in [0.1, 0.15) is 11.1 Å². The van der Waals surface area contributed by atoms with Crippen molar-refractivity contribution in [3.8, 4) is 0 Å². The average Bonchev–Trinajstić information content (AvgIpc) is 2.83. The van der Waals surface area contributed by atoms with Gasteiger partial charge < -0.3 is 0 Å². The van der Waals surface area contributed by atoms with Gasteiger partial charge in [0.2, 0.25) is 20.0 Å². The number of sulfonamides is 2. The third kappa shape index (κ3) is 7.13. The number of rotatable bonds is 10. The van der Waals surface area contributed by atoms with Crippen LogP contribution in [-0.2, 0) is 20.0 Å². The average molecular weight is 563 g/mol. The molecule has 0 heterocycles. The lowest BCUT2D eigenvalue weighted by Crippen LogP contribution is -2.12. The first kappa shape index (κ1) is 27.8. The molecule has 0 fully saturated rings. The van der Waals surface area contributed by atoms with Crippen LogP contribution in [0.2, 0.25) is 0 Å². The van der Waals surface area contributed by atoms with Crippen LogP contribution in [0.25, 0.3) is 0 Å². The quantitative estimate of drug-likeness (QED) is 0.158. The maximum Gasteiger partial charge on any atom is 0.295 e. The van der Waals surface area contributed by atoms with Gasteiger partial charge in [0.1, 0.15) is 11.4 Å². The van der Waals surface area contributed by atoms with Crippen LogP contribution in [0.3, 0.4) is 0 Å². The minimum absolute atomic E-state index is 0.0735. The molecule has 0 unspecified atom stereocenters. The van der Waals surface area contributed by atoms with E-state index in [1.54, 1.807) is 24.3 Å². The van der Waals surface area contributed by atoms with Crippen molar-refractivity contribution in [2.75, 3.05) is 10.9 Å². The Balaban J connectivity index is 1.74. The van der Waals surface area contributed by atoms with E-state index in [1.165, 1.54) is 12.4 Å². The fraction of sp³-hybridized carbons (Fsp3) is 0. The van der Waals surface area contributed by atoms with Gasteiger partial charge >= 0.3 is 0 Å². The van der Waals surface area contributed by atoms with Gasteiger partial charge in [0, 0.05) is 12.1 Å². The first-order valence-corrected chi connectivity index (χ1v) is 13.2. The lowest BCUT2D eigenvalue weighted by molar-refractivity contribution is -0.384.